The minimum Gasteiger partial charge on any atom is -0.412 e. The lowest BCUT2D eigenvalue weighted by atomic mass is 10.2. The van der Waals surface area contributed by atoms with E-state index in [-0.39, 0.29) is 5.04 Å². The standard InChI is InChI=1S/C16H23F3N2OSi/c1-11-7-8-12(10-22-23(5,6)15(2,3)4)13-9-14(16(17,18)19)20-21(11)13/h7-9H,10H2,1-6H3. The maximum absolute atomic E-state index is 12.9. The number of alkyl halides is 3. The van der Waals surface area contributed by atoms with Gasteiger partial charge in [-0.15, -0.1) is 0 Å². The van der Waals surface area contributed by atoms with Gasteiger partial charge in [-0.25, -0.2) is 4.52 Å². The van der Waals surface area contributed by atoms with E-state index in [1.54, 1.807) is 13.0 Å². The van der Waals surface area contributed by atoms with Gasteiger partial charge in [0.15, 0.2) is 14.0 Å². The summed E-state index contributed by atoms with van der Waals surface area (Å²) in [4.78, 5) is 0. The van der Waals surface area contributed by atoms with Crippen molar-refractivity contribution in [2.24, 2.45) is 0 Å². The highest BCUT2D eigenvalue weighted by atomic mass is 28.4. The molecule has 0 fully saturated rings. The number of hydrogen-bond donors (Lipinski definition) is 0. The predicted octanol–water partition coefficient (Wildman–Crippen LogP) is 5.18. The molecule has 2 aromatic rings. The van der Waals surface area contributed by atoms with E-state index in [1.807, 2.05) is 6.07 Å². The van der Waals surface area contributed by atoms with E-state index in [2.05, 4.69) is 39.0 Å². The molecule has 0 aliphatic carbocycles. The number of nitrogens with zero attached hydrogens (tertiary/aromatic N) is 2. The maximum Gasteiger partial charge on any atom is 0.435 e. The van der Waals surface area contributed by atoms with Crippen LogP contribution in [0.15, 0.2) is 18.2 Å². The van der Waals surface area contributed by atoms with Crippen LogP contribution in [0, 0.1) is 6.92 Å². The minimum absolute atomic E-state index is 0.0470. The van der Waals surface area contributed by atoms with Gasteiger partial charge in [0.1, 0.15) is 0 Å². The Morgan fingerprint density at radius 3 is 2.30 bits per heavy atom. The molecule has 0 N–H and O–H groups in total. The summed E-state index contributed by atoms with van der Waals surface area (Å²) in [5.41, 5.74) is 0.964. The molecule has 23 heavy (non-hydrogen) atoms. The molecule has 0 saturated heterocycles. The van der Waals surface area contributed by atoms with Crippen molar-refractivity contribution in [1.29, 1.82) is 0 Å². The summed E-state index contributed by atoms with van der Waals surface area (Å²) in [6, 6.07) is 4.68. The molecule has 0 bridgehead atoms. The number of aryl methyl sites for hydroxylation is 1. The topological polar surface area (TPSA) is 26.5 Å². The normalized spacial score (nSPS) is 13.8. The third-order valence-electron chi connectivity index (χ3n) is 4.58. The molecule has 2 heterocycles. The van der Waals surface area contributed by atoms with E-state index in [1.165, 1.54) is 4.52 Å². The molecule has 0 radical (unpaired) electrons. The quantitative estimate of drug-likeness (QED) is 0.717. The first-order valence-corrected chi connectivity index (χ1v) is 10.4. The fraction of sp³-hybridized carbons (Fsp3) is 0.562. The molecule has 0 amide bonds. The molecule has 7 heteroatoms. The van der Waals surface area contributed by atoms with Crippen LogP contribution in [0.1, 0.15) is 37.7 Å². The van der Waals surface area contributed by atoms with Gasteiger partial charge in [0.05, 0.1) is 12.1 Å². The van der Waals surface area contributed by atoms with Gasteiger partial charge in [0.2, 0.25) is 0 Å². The first kappa shape index (κ1) is 18.0. The Morgan fingerprint density at radius 1 is 1.17 bits per heavy atom. The lowest BCUT2D eigenvalue weighted by Gasteiger charge is -2.36. The lowest BCUT2D eigenvalue weighted by molar-refractivity contribution is -0.141. The van der Waals surface area contributed by atoms with Crippen molar-refractivity contribution in [1.82, 2.24) is 9.61 Å². The van der Waals surface area contributed by atoms with Crippen molar-refractivity contribution in [3.05, 3.63) is 35.2 Å². The summed E-state index contributed by atoms with van der Waals surface area (Å²) in [5.74, 6) is 0. The number of fused-ring (bicyclic) bond motifs is 1. The van der Waals surface area contributed by atoms with Crippen molar-refractivity contribution in [3.8, 4) is 0 Å². The molecule has 2 aromatic heterocycles. The van der Waals surface area contributed by atoms with E-state index >= 15 is 0 Å². The van der Waals surface area contributed by atoms with E-state index in [4.69, 9.17) is 4.43 Å². The molecule has 0 saturated carbocycles. The van der Waals surface area contributed by atoms with Crippen LogP contribution in [-0.4, -0.2) is 17.9 Å². The summed E-state index contributed by atoms with van der Waals surface area (Å²) in [6.45, 7) is 12.7. The molecule has 0 aromatic carbocycles. The van der Waals surface area contributed by atoms with E-state index < -0.39 is 20.2 Å². The molecule has 0 aliphatic heterocycles. The second-order valence-corrected chi connectivity index (χ2v) is 12.2. The summed E-state index contributed by atoms with van der Waals surface area (Å²) in [5, 5.41) is 3.73. The molecule has 2 rings (SSSR count). The third-order valence-corrected chi connectivity index (χ3v) is 9.06. The Bertz CT molecular complexity index is 714. The van der Waals surface area contributed by atoms with E-state index in [9.17, 15) is 13.2 Å². The number of rotatable bonds is 3. The van der Waals surface area contributed by atoms with Gasteiger partial charge < -0.3 is 4.43 Å². The highest BCUT2D eigenvalue weighted by Gasteiger charge is 2.37. The Balaban J connectivity index is 2.39. The average Bonchev–Trinajstić information content (AvgIpc) is 2.82. The first-order chi connectivity index (χ1) is 10.3. The van der Waals surface area contributed by atoms with Crippen molar-refractivity contribution in [2.45, 2.75) is 58.6 Å². The van der Waals surface area contributed by atoms with Crippen LogP contribution in [0.4, 0.5) is 13.2 Å². The van der Waals surface area contributed by atoms with Crippen molar-refractivity contribution >= 4 is 13.8 Å². The number of halogens is 3. The van der Waals surface area contributed by atoms with Crippen molar-refractivity contribution < 1.29 is 17.6 Å². The highest BCUT2D eigenvalue weighted by Crippen LogP contribution is 2.37. The van der Waals surface area contributed by atoms with Gasteiger partial charge in [-0.3, -0.25) is 0 Å². The number of pyridine rings is 1. The van der Waals surface area contributed by atoms with Crippen LogP contribution in [0.3, 0.4) is 0 Å². The predicted molar refractivity (Wildman–Crippen MR) is 86.9 cm³/mol. The smallest absolute Gasteiger partial charge is 0.412 e. The van der Waals surface area contributed by atoms with Gasteiger partial charge >= 0.3 is 6.18 Å². The molecular weight excluding hydrogens is 321 g/mol. The molecule has 128 valence electrons. The Kier molecular flexibility index (Phi) is 4.41. The number of hydrogen-bond acceptors (Lipinski definition) is 2. The molecule has 0 unspecified atom stereocenters. The zero-order chi connectivity index (χ0) is 17.6. The zero-order valence-electron chi connectivity index (χ0n) is 14.4. The second kappa shape index (κ2) is 5.63. The summed E-state index contributed by atoms with van der Waals surface area (Å²) in [7, 11) is -1.97. The SMILES string of the molecule is Cc1ccc(CO[Si](C)(C)C(C)(C)C)c2cc(C(F)(F)F)nn12. The van der Waals surface area contributed by atoms with Crippen LogP contribution >= 0.6 is 0 Å². The van der Waals surface area contributed by atoms with Crippen molar-refractivity contribution in [2.75, 3.05) is 0 Å². The molecular formula is C16H23F3N2OSi. The lowest BCUT2D eigenvalue weighted by Crippen LogP contribution is -2.40. The van der Waals surface area contributed by atoms with Gasteiger partial charge in [0, 0.05) is 11.3 Å². The Labute approximate surface area is 135 Å². The third kappa shape index (κ3) is 3.61. The van der Waals surface area contributed by atoms with Crippen LogP contribution in [0.2, 0.25) is 18.1 Å². The van der Waals surface area contributed by atoms with Gasteiger partial charge in [-0.1, -0.05) is 26.8 Å². The monoisotopic (exact) mass is 344 g/mol. The summed E-state index contributed by atoms with van der Waals surface area (Å²) in [6.07, 6.45) is -4.45. The van der Waals surface area contributed by atoms with Crippen LogP contribution in [-0.2, 0) is 17.2 Å². The number of aromatic nitrogens is 2. The molecule has 0 aliphatic rings. The maximum atomic E-state index is 12.9. The van der Waals surface area contributed by atoms with Crippen LogP contribution in [0.5, 0.6) is 0 Å². The van der Waals surface area contributed by atoms with Gasteiger partial charge in [-0.05, 0) is 37.2 Å². The first-order valence-electron chi connectivity index (χ1n) is 7.52. The van der Waals surface area contributed by atoms with Crippen molar-refractivity contribution in [3.63, 3.8) is 0 Å². The van der Waals surface area contributed by atoms with Gasteiger partial charge in [0.25, 0.3) is 0 Å². The Morgan fingerprint density at radius 2 is 1.78 bits per heavy atom. The fourth-order valence-corrected chi connectivity index (χ4v) is 2.94. The molecule has 0 spiro atoms. The highest BCUT2D eigenvalue weighted by molar-refractivity contribution is 6.74. The van der Waals surface area contributed by atoms with Crippen LogP contribution in [0.25, 0.3) is 5.52 Å². The van der Waals surface area contributed by atoms with Gasteiger partial charge in [-0.2, -0.15) is 18.3 Å². The van der Waals surface area contributed by atoms with E-state index in [0.717, 1.165) is 11.6 Å². The second-order valence-electron chi connectivity index (χ2n) is 7.37. The fourth-order valence-electron chi connectivity index (χ4n) is 1.99. The largest absolute Gasteiger partial charge is 0.435 e. The van der Waals surface area contributed by atoms with Crippen LogP contribution < -0.4 is 0 Å². The zero-order valence-corrected chi connectivity index (χ0v) is 15.4. The minimum atomic E-state index is -4.45. The molecule has 0 atom stereocenters. The summed E-state index contributed by atoms with van der Waals surface area (Å²) >= 11 is 0. The average molecular weight is 344 g/mol. The summed E-state index contributed by atoms with van der Waals surface area (Å²) < 4.78 is 46.2. The van der Waals surface area contributed by atoms with E-state index in [0.29, 0.717) is 17.8 Å². The Hall–Kier alpha value is -1.34. The molecule has 3 nitrogen and oxygen atoms in total.